The SMILES string of the molecule is CCc1ccc(C(N)CNCc2ccccc2)cc1. The van der Waals surface area contributed by atoms with Crippen LogP contribution in [0.25, 0.3) is 0 Å². The zero-order valence-electron chi connectivity index (χ0n) is 11.5. The maximum atomic E-state index is 6.19. The van der Waals surface area contributed by atoms with Crippen molar-refractivity contribution in [2.24, 2.45) is 5.73 Å². The number of hydrogen-bond acceptors (Lipinski definition) is 2. The highest BCUT2D eigenvalue weighted by Crippen LogP contribution is 2.11. The molecule has 2 heteroatoms. The molecule has 2 rings (SSSR count). The highest BCUT2D eigenvalue weighted by Gasteiger charge is 2.05. The first kappa shape index (κ1) is 13.8. The summed E-state index contributed by atoms with van der Waals surface area (Å²) in [6.07, 6.45) is 1.07. The molecule has 0 fully saturated rings. The van der Waals surface area contributed by atoms with Crippen molar-refractivity contribution in [3.05, 3.63) is 71.3 Å². The number of hydrogen-bond donors (Lipinski definition) is 2. The highest BCUT2D eigenvalue weighted by molar-refractivity contribution is 5.25. The molecule has 0 saturated carbocycles. The van der Waals surface area contributed by atoms with Crippen LogP contribution in [0.5, 0.6) is 0 Å². The van der Waals surface area contributed by atoms with Gasteiger partial charge in [0.2, 0.25) is 0 Å². The van der Waals surface area contributed by atoms with Crippen molar-refractivity contribution in [1.29, 1.82) is 0 Å². The molecule has 100 valence electrons. The molecule has 1 atom stereocenters. The molecule has 0 bridgehead atoms. The van der Waals surface area contributed by atoms with Crippen molar-refractivity contribution in [3.8, 4) is 0 Å². The van der Waals surface area contributed by atoms with Crippen LogP contribution in [-0.2, 0) is 13.0 Å². The van der Waals surface area contributed by atoms with Gasteiger partial charge in [-0.05, 0) is 23.1 Å². The minimum Gasteiger partial charge on any atom is -0.323 e. The molecule has 0 radical (unpaired) electrons. The molecule has 0 aromatic heterocycles. The van der Waals surface area contributed by atoms with Crippen molar-refractivity contribution < 1.29 is 0 Å². The lowest BCUT2D eigenvalue weighted by Crippen LogP contribution is -2.26. The van der Waals surface area contributed by atoms with Crippen molar-refractivity contribution in [2.45, 2.75) is 25.9 Å². The van der Waals surface area contributed by atoms with Gasteiger partial charge in [-0.2, -0.15) is 0 Å². The van der Waals surface area contributed by atoms with E-state index in [2.05, 4.69) is 60.8 Å². The number of nitrogens with two attached hydrogens (primary N) is 1. The molecule has 3 N–H and O–H groups in total. The van der Waals surface area contributed by atoms with E-state index < -0.39 is 0 Å². The first-order chi connectivity index (χ1) is 9.29. The monoisotopic (exact) mass is 254 g/mol. The summed E-state index contributed by atoms with van der Waals surface area (Å²) in [5.74, 6) is 0. The average molecular weight is 254 g/mol. The summed E-state index contributed by atoms with van der Waals surface area (Å²) >= 11 is 0. The summed E-state index contributed by atoms with van der Waals surface area (Å²) in [5, 5.41) is 3.40. The van der Waals surface area contributed by atoms with Gasteiger partial charge in [-0.25, -0.2) is 0 Å². The van der Waals surface area contributed by atoms with Crippen LogP contribution in [0.4, 0.5) is 0 Å². The molecule has 2 aromatic rings. The molecular weight excluding hydrogens is 232 g/mol. The topological polar surface area (TPSA) is 38.0 Å². The third-order valence-corrected chi connectivity index (χ3v) is 3.35. The van der Waals surface area contributed by atoms with E-state index in [0.717, 1.165) is 19.5 Å². The molecule has 0 saturated heterocycles. The first-order valence-electron chi connectivity index (χ1n) is 6.88. The van der Waals surface area contributed by atoms with Gasteiger partial charge in [-0.15, -0.1) is 0 Å². The van der Waals surface area contributed by atoms with E-state index in [4.69, 9.17) is 5.73 Å². The van der Waals surface area contributed by atoms with Crippen LogP contribution in [0.3, 0.4) is 0 Å². The Hall–Kier alpha value is -1.64. The number of aryl methyl sites for hydroxylation is 1. The Morgan fingerprint density at radius 1 is 0.947 bits per heavy atom. The molecule has 19 heavy (non-hydrogen) atoms. The summed E-state index contributed by atoms with van der Waals surface area (Å²) in [6.45, 7) is 3.82. The van der Waals surface area contributed by atoms with E-state index in [1.807, 2.05) is 6.07 Å². The summed E-state index contributed by atoms with van der Waals surface area (Å²) in [6, 6.07) is 19.0. The Labute approximate surface area is 115 Å². The molecule has 0 heterocycles. The molecule has 0 spiro atoms. The maximum absolute atomic E-state index is 6.19. The van der Waals surface area contributed by atoms with Crippen LogP contribution in [-0.4, -0.2) is 6.54 Å². The van der Waals surface area contributed by atoms with Crippen LogP contribution in [0, 0.1) is 0 Å². The molecule has 0 aliphatic carbocycles. The lowest BCUT2D eigenvalue weighted by atomic mass is 10.0. The average Bonchev–Trinajstić information content (AvgIpc) is 2.48. The Morgan fingerprint density at radius 3 is 2.26 bits per heavy atom. The van der Waals surface area contributed by atoms with Crippen LogP contribution in [0.15, 0.2) is 54.6 Å². The fraction of sp³-hybridized carbons (Fsp3) is 0.294. The van der Waals surface area contributed by atoms with Crippen molar-refractivity contribution in [3.63, 3.8) is 0 Å². The second-order valence-electron chi connectivity index (χ2n) is 4.82. The third-order valence-electron chi connectivity index (χ3n) is 3.35. The van der Waals surface area contributed by atoms with Gasteiger partial charge in [0.25, 0.3) is 0 Å². The minimum absolute atomic E-state index is 0.0506. The predicted octanol–water partition coefficient (Wildman–Crippen LogP) is 3.04. The summed E-state index contributed by atoms with van der Waals surface area (Å²) in [5.41, 5.74) is 10.0. The minimum atomic E-state index is 0.0506. The largest absolute Gasteiger partial charge is 0.323 e. The van der Waals surface area contributed by atoms with Crippen LogP contribution in [0.1, 0.15) is 29.7 Å². The Balaban J connectivity index is 1.82. The standard InChI is InChI=1S/C17H22N2/c1-2-14-8-10-16(11-9-14)17(18)13-19-12-15-6-4-3-5-7-15/h3-11,17,19H,2,12-13,18H2,1H3. The molecule has 0 amide bonds. The van der Waals surface area contributed by atoms with Gasteiger partial charge < -0.3 is 11.1 Å². The highest BCUT2D eigenvalue weighted by atomic mass is 14.9. The Bertz CT molecular complexity index is 476. The summed E-state index contributed by atoms with van der Waals surface area (Å²) < 4.78 is 0. The van der Waals surface area contributed by atoms with E-state index in [0.29, 0.717) is 0 Å². The molecule has 2 aromatic carbocycles. The predicted molar refractivity (Wildman–Crippen MR) is 80.9 cm³/mol. The lowest BCUT2D eigenvalue weighted by molar-refractivity contribution is 0.598. The zero-order chi connectivity index (χ0) is 13.5. The van der Waals surface area contributed by atoms with E-state index in [1.54, 1.807) is 0 Å². The zero-order valence-corrected chi connectivity index (χ0v) is 11.5. The van der Waals surface area contributed by atoms with Crippen LogP contribution >= 0.6 is 0 Å². The Kier molecular flexibility index (Phi) is 5.13. The van der Waals surface area contributed by atoms with Gasteiger partial charge in [-0.1, -0.05) is 61.5 Å². The van der Waals surface area contributed by atoms with E-state index in [9.17, 15) is 0 Å². The van der Waals surface area contributed by atoms with Gasteiger partial charge >= 0.3 is 0 Å². The van der Waals surface area contributed by atoms with Gasteiger partial charge in [0, 0.05) is 19.1 Å². The second kappa shape index (κ2) is 7.07. The van der Waals surface area contributed by atoms with Crippen LogP contribution < -0.4 is 11.1 Å². The molecule has 0 aliphatic heterocycles. The summed E-state index contributed by atoms with van der Waals surface area (Å²) in [7, 11) is 0. The van der Waals surface area contributed by atoms with E-state index >= 15 is 0 Å². The summed E-state index contributed by atoms with van der Waals surface area (Å²) in [4.78, 5) is 0. The first-order valence-corrected chi connectivity index (χ1v) is 6.88. The lowest BCUT2D eigenvalue weighted by Gasteiger charge is -2.13. The molecular formula is C17H22N2. The quantitative estimate of drug-likeness (QED) is 0.831. The van der Waals surface area contributed by atoms with Crippen LogP contribution in [0.2, 0.25) is 0 Å². The smallest absolute Gasteiger partial charge is 0.0421 e. The molecule has 1 unspecified atom stereocenters. The number of rotatable bonds is 6. The fourth-order valence-corrected chi connectivity index (χ4v) is 2.09. The van der Waals surface area contributed by atoms with Crippen molar-refractivity contribution in [2.75, 3.05) is 6.54 Å². The van der Waals surface area contributed by atoms with Gasteiger partial charge in [0.15, 0.2) is 0 Å². The van der Waals surface area contributed by atoms with Gasteiger partial charge in [-0.3, -0.25) is 0 Å². The van der Waals surface area contributed by atoms with E-state index in [-0.39, 0.29) is 6.04 Å². The van der Waals surface area contributed by atoms with Crippen molar-refractivity contribution >= 4 is 0 Å². The molecule has 0 aliphatic rings. The van der Waals surface area contributed by atoms with E-state index in [1.165, 1.54) is 16.7 Å². The number of benzene rings is 2. The third kappa shape index (κ3) is 4.19. The number of nitrogens with one attached hydrogen (secondary N) is 1. The van der Waals surface area contributed by atoms with Crippen molar-refractivity contribution in [1.82, 2.24) is 5.32 Å². The normalized spacial score (nSPS) is 12.3. The maximum Gasteiger partial charge on any atom is 0.0421 e. The molecule has 2 nitrogen and oxygen atoms in total. The second-order valence-corrected chi connectivity index (χ2v) is 4.82. The fourth-order valence-electron chi connectivity index (χ4n) is 2.09. The van der Waals surface area contributed by atoms with Gasteiger partial charge in [0.05, 0.1) is 0 Å². The van der Waals surface area contributed by atoms with Gasteiger partial charge in [0.1, 0.15) is 0 Å². The Morgan fingerprint density at radius 2 is 1.63 bits per heavy atom.